The van der Waals surface area contributed by atoms with E-state index in [0.717, 1.165) is 27.7 Å². The van der Waals surface area contributed by atoms with Crippen LogP contribution in [0.1, 0.15) is 11.1 Å². The van der Waals surface area contributed by atoms with Crippen LogP contribution in [0.15, 0.2) is 53.3 Å². The molecule has 0 atom stereocenters. The molecule has 1 heterocycles. The Bertz CT molecular complexity index is 801. The Labute approximate surface area is 111 Å². The van der Waals surface area contributed by atoms with E-state index in [9.17, 15) is 4.79 Å². The van der Waals surface area contributed by atoms with Gasteiger partial charge in [-0.2, -0.15) is 0 Å². The number of hydrogen-bond donors (Lipinski definition) is 1. The molecule has 0 amide bonds. The van der Waals surface area contributed by atoms with E-state index >= 15 is 0 Å². The highest BCUT2D eigenvalue weighted by molar-refractivity contribution is 5.85. The molecular formula is C17H15NO. The van der Waals surface area contributed by atoms with Crippen molar-refractivity contribution in [3.63, 3.8) is 0 Å². The van der Waals surface area contributed by atoms with Crippen molar-refractivity contribution in [2.45, 2.75) is 13.8 Å². The minimum Gasteiger partial charge on any atom is -0.354 e. The third-order valence-corrected chi connectivity index (χ3v) is 3.62. The van der Waals surface area contributed by atoms with Gasteiger partial charge in [-0.1, -0.05) is 36.4 Å². The maximum Gasteiger partial charge on any atom is 0.190 e. The number of aromatic nitrogens is 1. The van der Waals surface area contributed by atoms with Gasteiger partial charge in [0.15, 0.2) is 5.43 Å². The van der Waals surface area contributed by atoms with Gasteiger partial charge in [-0.25, -0.2) is 0 Å². The topological polar surface area (TPSA) is 32.9 Å². The van der Waals surface area contributed by atoms with Gasteiger partial charge >= 0.3 is 0 Å². The van der Waals surface area contributed by atoms with E-state index in [1.165, 1.54) is 5.56 Å². The number of benzene rings is 2. The molecule has 0 bridgehead atoms. The SMILES string of the molecule is Cc1ccc2c(=O)cc(-c3ccccc3)[nH]c2c1C. The lowest BCUT2D eigenvalue weighted by Crippen LogP contribution is -2.04. The quantitative estimate of drug-likeness (QED) is 0.699. The molecule has 0 spiro atoms. The van der Waals surface area contributed by atoms with Crippen molar-refractivity contribution in [3.8, 4) is 11.3 Å². The van der Waals surface area contributed by atoms with Crippen molar-refractivity contribution in [1.82, 2.24) is 4.98 Å². The van der Waals surface area contributed by atoms with Crippen LogP contribution in [0, 0.1) is 13.8 Å². The van der Waals surface area contributed by atoms with E-state index in [0.29, 0.717) is 0 Å². The molecule has 0 radical (unpaired) electrons. The number of hydrogen-bond acceptors (Lipinski definition) is 1. The molecule has 0 aliphatic rings. The summed E-state index contributed by atoms with van der Waals surface area (Å²) < 4.78 is 0. The minimum absolute atomic E-state index is 0.0655. The van der Waals surface area contributed by atoms with E-state index < -0.39 is 0 Å². The van der Waals surface area contributed by atoms with E-state index in [1.807, 2.05) is 49.4 Å². The Kier molecular flexibility index (Phi) is 2.71. The van der Waals surface area contributed by atoms with Gasteiger partial charge in [0.1, 0.15) is 0 Å². The Morgan fingerprint density at radius 1 is 0.947 bits per heavy atom. The standard InChI is InChI=1S/C17H15NO/c1-11-8-9-14-16(19)10-15(18-17(14)12(11)2)13-6-4-3-5-7-13/h3-10H,1-2H3,(H,18,19). The number of pyridine rings is 1. The lowest BCUT2D eigenvalue weighted by atomic mass is 10.0. The number of H-pyrrole nitrogens is 1. The molecule has 94 valence electrons. The monoisotopic (exact) mass is 249 g/mol. The fraction of sp³-hybridized carbons (Fsp3) is 0.118. The molecule has 1 N–H and O–H groups in total. The molecule has 0 saturated carbocycles. The molecule has 0 saturated heterocycles. The lowest BCUT2D eigenvalue weighted by molar-refractivity contribution is 1.30. The molecule has 0 aliphatic carbocycles. The van der Waals surface area contributed by atoms with Gasteiger partial charge in [0.25, 0.3) is 0 Å². The second-order valence-electron chi connectivity index (χ2n) is 4.84. The number of fused-ring (bicyclic) bond motifs is 1. The normalized spacial score (nSPS) is 10.8. The Morgan fingerprint density at radius 3 is 2.42 bits per heavy atom. The first kappa shape index (κ1) is 11.7. The van der Waals surface area contributed by atoms with Crippen LogP contribution in [0.4, 0.5) is 0 Å². The molecule has 3 aromatic rings. The molecule has 1 aromatic heterocycles. The van der Waals surface area contributed by atoms with Crippen LogP contribution in [0.25, 0.3) is 22.2 Å². The third-order valence-electron chi connectivity index (χ3n) is 3.62. The van der Waals surface area contributed by atoms with Crippen LogP contribution >= 0.6 is 0 Å². The molecule has 2 heteroatoms. The fourth-order valence-electron chi connectivity index (χ4n) is 2.34. The van der Waals surface area contributed by atoms with Gasteiger partial charge in [-0.05, 0) is 36.6 Å². The highest BCUT2D eigenvalue weighted by Crippen LogP contribution is 2.21. The van der Waals surface area contributed by atoms with Crippen LogP contribution in [0.5, 0.6) is 0 Å². The van der Waals surface area contributed by atoms with Crippen molar-refractivity contribution < 1.29 is 0 Å². The summed E-state index contributed by atoms with van der Waals surface area (Å²) in [6.07, 6.45) is 0. The van der Waals surface area contributed by atoms with Crippen molar-refractivity contribution >= 4 is 10.9 Å². The predicted octanol–water partition coefficient (Wildman–Crippen LogP) is 3.81. The van der Waals surface area contributed by atoms with Crippen molar-refractivity contribution in [3.05, 3.63) is 69.9 Å². The highest BCUT2D eigenvalue weighted by Gasteiger charge is 2.07. The Balaban J connectivity index is 2.36. The molecule has 3 rings (SSSR count). The van der Waals surface area contributed by atoms with Crippen LogP contribution in [0.2, 0.25) is 0 Å². The summed E-state index contributed by atoms with van der Waals surface area (Å²) in [7, 11) is 0. The average Bonchev–Trinajstić information content (AvgIpc) is 2.44. The van der Waals surface area contributed by atoms with E-state index in [4.69, 9.17) is 0 Å². The van der Waals surface area contributed by atoms with Crippen LogP contribution in [0.3, 0.4) is 0 Å². The number of aryl methyl sites for hydroxylation is 2. The summed E-state index contributed by atoms with van der Waals surface area (Å²) in [5.41, 5.74) is 5.22. The minimum atomic E-state index is 0.0655. The average molecular weight is 249 g/mol. The van der Waals surface area contributed by atoms with Crippen molar-refractivity contribution in [2.24, 2.45) is 0 Å². The zero-order valence-corrected chi connectivity index (χ0v) is 11.0. The number of nitrogens with one attached hydrogen (secondary N) is 1. The lowest BCUT2D eigenvalue weighted by Gasteiger charge is -2.08. The first-order chi connectivity index (χ1) is 9.16. The summed E-state index contributed by atoms with van der Waals surface area (Å²) in [6.45, 7) is 4.10. The van der Waals surface area contributed by atoms with Gasteiger partial charge < -0.3 is 4.98 Å². The molecule has 0 unspecified atom stereocenters. The van der Waals surface area contributed by atoms with Gasteiger partial charge in [-0.3, -0.25) is 4.79 Å². The molecule has 0 fully saturated rings. The van der Waals surface area contributed by atoms with Crippen molar-refractivity contribution in [2.75, 3.05) is 0 Å². The highest BCUT2D eigenvalue weighted by atomic mass is 16.1. The molecular weight excluding hydrogens is 234 g/mol. The largest absolute Gasteiger partial charge is 0.354 e. The summed E-state index contributed by atoms with van der Waals surface area (Å²) >= 11 is 0. The summed E-state index contributed by atoms with van der Waals surface area (Å²) in [5, 5.41) is 0.753. The first-order valence-corrected chi connectivity index (χ1v) is 6.35. The van der Waals surface area contributed by atoms with E-state index in [1.54, 1.807) is 6.07 Å². The third kappa shape index (κ3) is 1.95. The van der Waals surface area contributed by atoms with Gasteiger partial charge in [0.2, 0.25) is 0 Å². The van der Waals surface area contributed by atoms with E-state index in [-0.39, 0.29) is 5.43 Å². The summed E-state index contributed by atoms with van der Waals surface area (Å²) in [6, 6.07) is 15.5. The zero-order valence-electron chi connectivity index (χ0n) is 11.0. The molecule has 0 aliphatic heterocycles. The smallest absolute Gasteiger partial charge is 0.190 e. The fourth-order valence-corrected chi connectivity index (χ4v) is 2.34. The predicted molar refractivity (Wildman–Crippen MR) is 79.5 cm³/mol. The Hall–Kier alpha value is -2.35. The van der Waals surface area contributed by atoms with Crippen LogP contribution in [-0.2, 0) is 0 Å². The molecule has 19 heavy (non-hydrogen) atoms. The van der Waals surface area contributed by atoms with Gasteiger partial charge in [0, 0.05) is 17.1 Å². The molecule has 2 nitrogen and oxygen atoms in total. The first-order valence-electron chi connectivity index (χ1n) is 6.35. The summed E-state index contributed by atoms with van der Waals surface area (Å²) in [5.74, 6) is 0. The maximum atomic E-state index is 12.2. The summed E-state index contributed by atoms with van der Waals surface area (Å²) in [4.78, 5) is 15.6. The zero-order chi connectivity index (χ0) is 13.4. The van der Waals surface area contributed by atoms with E-state index in [2.05, 4.69) is 11.9 Å². The van der Waals surface area contributed by atoms with Crippen LogP contribution in [-0.4, -0.2) is 4.98 Å². The number of aromatic amines is 1. The molecule has 2 aromatic carbocycles. The Morgan fingerprint density at radius 2 is 1.68 bits per heavy atom. The number of rotatable bonds is 1. The van der Waals surface area contributed by atoms with Crippen LogP contribution < -0.4 is 5.43 Å². The second-order valence-corrected chi connectivity index (χ2v) is 4.84. The second kappa shape index (κ2) is 4.39. The van der Waals surface area contributed by atoms with Crippen molar-refractivity contribution in [1.29, 1.82) is 0 Å². The van der Waals surface area contributed by atoms with Gasteiger partial charge in [-0.15, -0.1) is 0 Å². The van der Waals surface area contributed by atoms with Gasteiger partial charge in [0.05, 0.1) is 5.52 Å². The maximum absolute atomic E-state index is 12.2.